The van der Waals surface area contributed by atoms with Gasteiger partial charge in [-0.2, -0.15) is 0 Å². The lowest BCUT2D eigenvalue weighted by molar-refractivity contribution is -0.136. The van der Waals surface area contributed by atoms with Crippen LogP contribution in [0.1, 0.15) is 111 Å². The Morgan fingerprint density at radius 1 is 0.921 bits per heavy atom. The molecular weight excluding hydrogens is 801 g/mol. The quantitative estimate of drug-likeness (QED) is 0.0623. The molecule has 0 spiro atoms. The van der Waals surface area contributed by atoms with E-state index in [0.29, 0.717) is 29.8 Å². The van der Waals surface area contributed by atoms with Gasteiger partial charge in [-0.05, 0) is 81.3 Å². The van der Waals surface area contributed by atoms with Gasteiger partial charge in [-0.25, -0.2) is 24.5 Å². The van der Waals surface area contributed by atoms with Crippen LogP contribution in [0.5, 0.6) is 0 Å². The van der Waals surface area contributed by atoms with E-state index in [2.05, 4.69) is 42.1 Å². The number of ether oxygens (including phenoxy) is 2. The predicted molar refractivity (Wildman–Crippen MR) is 242 cm³/mol. The first-order valence-electron chi connectivity index (χ1n) is 21.4. The van der Waals surface area contributed by atoms with Crippen LogP contribution in [0, 0.1) is 23.7 Å². The highest BCUT2D eigenvalue weighted by atomic mass is 16.6. The molecule has 5 rings (SSSR count). The number of hydrogen-bond donors (Lipinski definition) is 4. The average Bonchev–Trinajstić information content (AvgIpc) is 4.03. The van der Waals surface area contributed by atoms with Crippen molar-refractivity contribution in [2.75, 3.05) is 26.9 Å². The number of nitrogens with zero attached hydrogens (tertiary/aromatic N) is 6. The smallest absolute Gasteiger partial charge is 0.411 e. The van der Waals surface area contributed by atoms with E-state index >= 15 is 0 Å². The normalized spacial score (nSPS) is 15.7. The Kier molecular flexibility index (Phi) is 15.4. The molecule has 3 heterocycles. The molecule has 1 aliphatic heterocycles. The number of methoxy groups -OCH3 is 1. The molecule has 0 aliphatic carbocycles. The number of amides is 5. The Morgan fingerprint density at radius 2 is 1.49 bits per heavy atom. The Morgan fingerprint density at radius 3 is 2.00 bits per heavy atom. The highest BCUT2D eigenvalue weighted by Crippen LogP contribution is 2.31. The molecule has 4 unspecified atom stereocenters. The summed E-state index contributed by atoms with van der Waals surface area (Å²) in [4.78, 5) is 78.0. The zero-order chi connectivity index (χ0) is 46.2. The van der Waals surface area contributed by atoms with Crippen molar-refractivity contribution in [3.8, 4) is 34.4 Å². The minimum atomic E-state index is -0.903. The molecule has 1 saturated heterocycles. The summed E-state index contributed by atoms with van der Waals surface area (Å²) < 4.78 is 10.9. The van der Waals surface area contributed by atoms with Gasteiger partial charge in [0.25, 0.3) is 0 Å². The number of aromatic amines is 2. The number of hydrogen-bond acceptors (Lipinski definition) is 9. The van der Waals surface area contributed by atoms with Crippen molar-refractivity contribution in [2.45, 2.75) is 105 Å². The summed E-state index contributed by atoms with van der Waals surface area (Å²) >= 11 is 0. The second kappa shape index (κ2) is 20.5. The van der Waals surface area contributed by atoms with Crippen molar-refractivity contribution in [1.29, 1.82) is 0 Å². The summed E-state index contributed by atoms with van der Waals surface area (Å²) in [6, 6.07) is 12.4. The Balaban J connectivity index is 1.27. The van der Waals surface area contributed by atoms with Crippen LogP contribution >= 0.6 is 0 Å². The lowest BCUT2D eigenvalue weighted by Crippen LogP contribution is -2.53. The molecule has 4 aromatic rings. The van der Waals surface area contributed by atoms with Gasteiger partial charge < -0.3 is 40.3 Å². The van der Waals surface area contributed by atoms with E-state index in [1.807, 2.05) is 95.0 Å². The fraction of sp³-hybridized carbons (Fsp3) is 0.468. The lowest BCUT2D eigenvalue weighted by Gasteiger charge is -2.31. The molecule has 0 bridgehead atoms. The van der Waals surface area contributed by atoms with E-state index in [4.69, 9.17) is 15.2 Å². The lowest BCUT2D eigenvalue weighted by atomic mass is 10.0. The summed E-state index contributed by atoms with van der Waals surface area (Å²) in [7, 11) is 1.55. The molecule has 2 aromatic carbocycles. The first-order valence-corrected chi connectivity index (χ1v) is 21.4. The van der Waals surface area contributed by atoms with E-state index in [9.17, 15) is 19.2 Å². The maximum Gasteiger partial charge on any atom is 0.411 e. The van der Waals surface area contributed by atoms with E-state index in [1.54, 1.807) is 47.2 Å². The maximum atomic E-state index is 13.9. The van der Waals surface area contributed by atoms with Crippen molar-refractivity contribution >= 4 is 29.8 Å². The van der Waals surface area contributed by atoms with E-state index in [1.165, 1.54) is 9.80 Å². The minimum absolute atomic E-state index is 0.00475. The summed E-state index contributed by atoms with van der Waals surface area (Å²) in [6.07, 6.45) is 3.70. The molecule has 16 nitrogen and oxygen atoms in total. The van der Waals surface area contributed by atoms with Gasteiger partial charge >= 0.3 is 12.1 Å². The minimum Gasteiger partial charge on any atom is -0.484 e. The standard InChI is InChI=1S/C47H62N10O6/c1-12-23-56(43(58)39(28(2)3)51-31(7)62-11)30(6)41-49-24-36(52-41)34-19-15-32(16-20-34)13-14-33-17-21-35(22-18-33)37-25-50-42(53-37)38-26-55(46(61)63-47(8,9)10)27-57(38)44(59)40(29(4)5)54-45(48)60/h15-22,24-25,28-30,38-40H,12,23,26-27H2,1-11H3,(H,49,52)(H,50,53)(H3,48,54,60). The molecule has 2 aromatic heterocycles. The Bertz CT molecular complexity index is 2310. The third-order valence-corrected chi connectivity index (χ3v) is 10.6. The zero-order valence-electron chi connectivity index (χ0n) is 38.3. The van der Waals surface area contributed by atoms with E-state index < -0.39 is 35.9 Å². The summed E-state index contributed by atoms with van der Waals surface area (Å²) in [5.74, 6) is 7.39. The van der Waals surface area contributed by atoms with Crippen LogP contribution in [0.2, 0.25) is 0 Å². The second-order valence-corrected chi connectivity index (χ2v) is 17.4. The molecule has 16 heteroatoms. The summed E-state index contributed by atoms with van der Waals surface area (Å²) in [5, 5.41) is 2.55. The highest BCUT2D eigenvalue weighted by molar-refractivity contribution is 5.88. The SMILES string of the molecule is CCCN(C(=O)C(N=C(C)OC)C(C)C)C(C)c1ncc(-c2ccc(C#Cc3ccc(-c4cnc(C5CN(C(=O)OC(C)(C)C)CN5C(=O)C(NC(N)=O)C(C)C)[nH]4)cc3)cc2)[nH]1. The van der Waals surface area contributed by atoms with Crippen molar-refractivity contribution in [2.24, 2.45) is 22.6 Å². The Labute approximate surface area is 370 Å². The molecule has 5 N–H and O–H groups in total. The van der Waals surface area contributed by atoms with Crippen molar-refractivity contribution in [1.82, 2.24) is 40.0 Å². The topological polar surface area (TPSA) is 204 Å². The van der Waals surface area contributed by atoms with Gasteiger partial charge in [0.15, 0.2) is 5.90 Å². The number of benzene rings is 2. The number of urea groups is 1. The number of carbonyl (C=O) groups is 4. The first kappa shape index (κ1) is 47.4. The van der Waals surface area contributed by atoms with Gasteiger partial charge in [-0.15, -0.1) is 0 Å². The number of imidazole rings is 2. The van der Waals surface area contributed by atoms with E-state index in [0.717, 1.165) is 34.4 Å². The molecule has 0 saturated carbocycles. The van der Waals surface area contributed by atoms with Crippen LogP contribution in [0.15, 0.2) is 65.9 Å². The number of aliphatic imine (C=N–C) groups is 1. The Hall–Kier alpha value is -6.63. The third-order valence-electron chi connectivity index (χ3n) is 10.6. The van der Waals surface area contributed by atoms with Gasteiger partial charge in [0.05, 0.1) is 50.1 Å². The van der Waals surface area contributed by atoms with Crippen LogP contribution in [-0.2, 0) is 19.1 Å². The summed E-state index contributed by atoms with van der Waals surface area (Å²) in [6.45, 7) is 19.3. The molecule has 63 heavy (non-hydrogen) atoms. The number of carbonyl (C=O) groups excluding carboxylic acids is 4. The summed E-state index contributed by atoms with van der Waals surface area (Å²) in [5.41, 5.74) is 9.66. The predicted octanol–water partition coefficient (Wildman–Crippen LogP) is 7.03. The van der Waals surface area contributed by atoms with Crippen molar-refractivity contribution in [3.05, 3.63) is 83.7 Å². The number of nitrogens with two attached hydrogens (primary N) is 1. The first-order chi connectivity index (χ1) is 29.8. The third kappa shape index (κ3) is 12.1. The number of rotatable bonds is 13. The molecule has 4 atom stereocenters. The van der Waals surface area contributed by atoms with Crippen molar-refractivity contribution < 1.29 is 28.7 Å². The van der Waals surface area contributed by atoms with Crippen LogP contribution in [-0.4, -0.2) is 109 Å². The monoisotopic (exact) mass is 862 g/mol. The molecule has 1 fully saturated rings. The number of primary amides is 1. The van der Waals surface area contributed by atoms with Gasteiger partial charge in [0.1, 0.15) is 35.4 Å². The molecule has 5 amide bonds. The molecular formula is C47H62N10O6. The molecule has 336 valence electrons. The van der Waals surface area contributed by atoms with Crippen LogP contribution in [0.4, 0.5) is 9.59 Å². The largest absolute Gasteiger partial charge is 0.484 e. The van der Waals surface area contributed by atoms with Crippen LogP contribution in [0.3, 0.4) is 0 Å². The number of H-pyrrole nitrogens is 2. The van der Waals surface area contributed by atoms with Crippen molar-refractivity contribution in [3.63, 3.8) is 0 Å². The van der Waals surface area contributed by atoms with Gasteiger partial charge in [-0.1, -0.05) is 70.7 Å². The zero-order valence-corrected chi connectivity index (χ0v) is 38.3. The highest BCUT2D eigenvalue weighted by Gasteiger charge is 2.43. The van der Waals surface area contributed by atoms with Crippen LogP contribution < -0.4 is 11.1 Å². The van der Waals surface area contributed by atoms with Gasteiger partial charge in [0.2, 0.25) is 11.8 Å². The fourth-order valence-corrected chi connectivity index (χ4v) is 7.16. The maximum absolute atomic E-state index is 13.9. The van der Waals surface area contributed by atoms with Gasteiger partial charge in [0, 0.05) is 24.6 Å². The van der Waals surface area contributed by atoms with Gasteiger partial charge in [-0.3, -0.25) is 14.5 Å². The average molecular weight is 863 g/mol. The fourth-order valence-electron chi connectivity index (χ4n) is 7.16. The van der Waals surface area contributed by atoms with E-state index in [-0.39, 0.29) is 42.9 Å². The number of aromatic nitrogens is 4. The van der Waals surface area contributed by atoms with Crippen LogP contribution in [0.25, 0.3) is 22.5 Å². The second-order valence-electron chi connectivity index (χ2n) is 17.4. The molecule has 0 radical (unpaired) electrons. The molecule has 1 aliphatic rings. The number of nitrogens with one attached hydrogen (secondary N) is 3.